The fourth-order valence-corrected chi connectivity index (χ4v) is 5.56. The summed E-state index contributed by atoms with van der Waals surface area (Å²) in [5.74, 6) is -4.07. The highest BCUT2D eigenvalue weighted by molar-refractivity contribution is 5.98. The highest BCUT2D eigenvalue weighted by atomic mass is 19.4. The third-order valence-electron chi connectivity index (χ3n) is 7.64. The van der Waals surface area contributed by atoms with E-state index in [1.807, 2.05) is 0 Å². The Morgan fingerprint density at radius 1 is 1.00 bits per heavy atom. The average Bonchev–Trinajstić information content (AvgIpc) is 3.21. The molecule has 0 bridgehead atoms. The van der Waals surface area contributed by atoms with Gasteiger partial charge in [-0.05, 0) is 86.5 Å². The minimum atomic E-state index is -4.68. The summed E-state index contributed by atoms with van der Waals surface area (Å²) in [4.78, 5) is 29.2. The number of anilines is 2. The zero-order chi connectivity index (χ0) is 37.0. The lowest BCUT2D eigenvalue weighted by molar-refractivity contribution is -0.138. The number of piperidine rings is 1. The largest absolute Gasteiger partial charge is 0.416 e. The molecule has 0 radical (unpaired) electrons. The van der Waals surface area contributed by atoms with Crippen molar-refractivity contribution in [2.45, 2.75) is 70.5 Å². The Morgan fingerprint density at radius 2 is 1.71 bits per heavy atom. The molecule has 2 fully saturated rings. The summed E-state index contributed by atoms with van der Waals surface area (Å²) in [6.45, 7) is -1.71. The van der Waals surface area contributed by atoms with E-state index in [4.69, 9.17) is 11.0 Å². The second-order valence-corrected chi connectivity index (χ2v) is 10.5. The van der Waals surface area contributed by atoms with E-state index in [9.17, 15) is 22.8 Å². The fraction of sp³-hybridized carbons (Fsp3) is 0.394. The van der Waals surface area contributed by atoms with Gasteiger partial charge in [-0.1, -0.05) is 43.1 Å². The Balaban J connectivity index is 1.52. The van der Waals surface area contributed by atoms with Crippen molar-refractivity contribution < 1.29 is 38.1 Å². The van der Waals surface area contributed by atoms with Gasteiger partial charge in [-0.3, -0.25) is 9.59 Å². The predicted octanol–water partition coefficient (Wildman–Crippen LogP) is 8.05. The monoisotopic (exact) mass is 589 g/mol. The molecule has 2 atom stereocenters. The molecular formula is C33H35F4N3O2. The van der Waals surface area contributed by atoms with Crippen LogP contribution in [0.2, 0.25) is 0 Å². The third kappa shape index (κ3) is 6.30. The molecule has 2 N–H and O–H groups in total. The summed E-state index contributed by atoms with van der Waals surface area (Å²) >= 11 is 0. The van der Waals surface area contributed by atoms with Gasteiger partial charge < -0.3 is 15.5 Å². The van der Waals surface area contributed by atoms with E-state index in [0.29, 0.717) is 11.3 Å². The summed E-state index contributed by atoms with van der Waals surface area (Å²) in [5.41, 5.74) is -1.71. The molecule has 3 aromatic carbocycles. The van der Waals surface area contributed by atoms with Gasteiger partial charge in [0.15, 0.2) is 0 Å². The average molecular weight is 590 g/mol. The Morgan fingerprint density at radius 3 is 2.40 bits per heavy atom. The van der Waals surface area contributed by atoms with Crippen molar-refractivity contribution in [1.29, 1.82) is 0 Å². The van der Waals surface area contributed by atoms with Crippen molar-refractivity contribution in [2.75, 3.05) is 17.2 Å². The number of likely N-dealkylation sites (tertiary alicyclic amines) is 1. The second-order valence-electron chi connectivity index (χ2n) is 10.5. The Kier molecular flexibility index (Phi) is 6.05. The van der Waals surface area contributed by atoms with Gasteiger partial charge in [0.2, 0.25) is 5.91 Å². The van der Waals surface area contributed by atoms with Crippen LogP contribution in [0, 0.1) is 25.5 Å². The van der Waals surface area contributed by atoms with Crippen LogP contribution in [0.15, 0.2) is 60.6 Å². The third-order valence-corrected chi connectivity index (χ3v) is 7.64. The number of nitrogens with zero attached hydrogens (tertiary/aromatic N) is 1. The van der Waals surface area contributed by atoms with Crippen LogP contribution in [0.5, 0.6) is 0 Å². The molecule has 0 unspecified atom stereocenters. The number of benzene rings is 3. The van der Waals surface area contributed by atoms with Crippen LogP contribution >= 0.6 is 0 Å². The van der Waals surface area contributed by atoms with Gasteiger partial charge in [-0.15, -0.1) is 0 Å². The first-order chi connectivity index (χ1) is 23.1. The zero-order valence-electron chi connectivity index (χ0n) is 30.7. The van der Waals surface area contributed by atoms with E-state index in [2.05, 4.69) is 10.6 Å². The molecule has 1 aliphatic carbocycles. The summed E-state index contributed by atoms with van der Waals surface area (Å²) in [6.07, 6.45) is -8.56. The molecule has 1 saturated carbocycles. The maximum absolute atomic E-state index is 15.4. The lowest BCUT2D eigenvalue weighted by Crippen LogP contribution is -2.46. The van der Waals surface area contributed by atoms with Crippen molar-refractivity contribution in [1.82, 2.24) is 4.90 Å². The molecule has 42 heavy (non-hydrogen) atoms. The second kappa shape index (κ2) is 12.2. The first-order valence-corrected chi connectivity index (χ1v) is 13.6. The zero-order valence-corrected chi connectivity index (χ0v) is 22.7. The highest BCUT2D eigenvalue weighted by Gasteiger charge is 2.41. The topological polar surface area (TPSA) is 61.4 Å². The summed E-state index contributed by atoms with van der Waals surface area (Å²) in [5, 5.41) is 5.64. The maximum Gasteiger partial charge on any atom is 0.416 e. The molecule has 1 saturated heterocycles. The lowest BCUT2D eigenvalue weighted by atomic mass is 9.83. The molecule has 0 aromatic heterocycles. The predicted molar refractivity (Wildman–Crippen MR) is 155 cm³/mol. The number of rotatable bonds is 6. The van der Waals surface area contributed by atoms with Gasteiger partial charge in [0.1, 0.15) is 5.82 Å². The number of halogens is 4. The maximum atomic E-state index is 15.4. The number of carbonyl (C=O) groups is 2. The van der Waals surface area contributed by atoms with E-state index in [1.54, 1.807) is 24.3 Å². The molecule has 9 heteroatoms. The smallest absolute Gasteiger partial charge is 0.382 e. The molecule has 0 spiro atoms. The normalized spacial score (nSPS) is 25.0. The molecule has 222 valence electrons. The van der Waals surface area contributed by atoms with Gasteiger partial charge >= 0.3 is 6.18 Å². The lowest BCUT2D eigenvalue weighted by Gasteiger charge is -2.41. The number of alkyl halides is 3. The van der Waals surface area contributed by atoms with Crippen LogP contribution in [0.4, 0.5) is 28.9 Å². The Bertz CT molecular complexity index is 1770. The van der Waals surface area contributed by atoms with E-state index in [0.717, 1.165) is 18.2 Å². The van der Waals surface area contributed by atoms with E-state index < -0.39 is 84.1 Å². The van der Waals surface area contributed by atoms with Gasteiger partial charge in [0.05, 0.1) is 24.5 Å². The van der Waals surface area contributed by atoms with E-state index in [1.165, 1.54) is 24.0 Å². The van der Waals surface area contributed by atoms with Crippen LogP contribution in [-0.2, 0) is 11.0 Å². The molecule has 2 amide bonds. The SMILES string of the molecule is [2H]c1cc(F)c(C(=O)N2CCC[C@H](C(=O)Nc3ccc(C)c(C(F)(F)F)c3)[C@@H]2c2ccc(NC3CC([2H])([2H])C([2H])([2H])C3)cc2)c(C([2H])([2H])[2H])c1. The highest BCUT2D eigenvalue weighted by Crippen LogP contribution is 2.40. The minimum absolute atomic E-state index is 0.0230. The number of aryl methyl sites for hydroxylation is 2. The van der Waals surface area contributed by atoms with Gasteiger partial charge in [0, 0.05) is 33.6 Å². The number of amides is 2. The van der Waals surface area contributed by atoms with Crippen molar-refractivity contribution in [3.05, 3.63) is 94.3 Å². The van der Waals surface area contributed by atoms with Crippen LogP contribution in [-0.4, -0.2) is 29.3 Å². The van der Waals surface area contributed by atoms with Crippen molar-refractivity contribution in [3.8, 4) is 0 Å². The van der Waals surface area contributed by atoms with Crippen molar-refractivity contribution in [3.63, 3.8) is 0 Å². The molecule has 1 aliphatic heterocycles. The molecule has 3 aromatic rings. The first kappa shape index (κ1) is 20.9. The number of nitrogens with one attached hydrogen (secondary N) is 2. The molecule has 1 heterocycles. The van der Waals surface area contributed by atoms with E-state index >= 15 is 4.39 Å². The van der Waals surface area contributed by atoms with Crippen molar-refractivity contribution in [2.24, 2.45) is 5.92 Å². The van der Waals surface area contributed by atoms with Crippen LogP contribution in [0.25, 0.3) is 0 Å². The summed E-state index contributed by atoms with van der Waals surface area (Å²) < 4.78 is 120. The number of hydrogen-bond acceptors (Lipinski definition) is 3. The molecule has 5 nitrogen and oxygen atoms in total. The van der Waals surface area contributed by atoms with Crippen molar-refractivity contribution >= 4 is 23.2 Å². The fourth-order valence-electron chi connectivity index (χ4n) is 5.56. The van der Waals surface area contributed by atoms with E-state index in [-0.39, 0.29) is 43.5 Å². The van der Waals surface area contributed by atoms with Gasteiger partial charge in [-0.25, -0.2) is 4.39 Å². The summed E-state index contributed by atoms with van der Waals surface area (Å²) in [7, 11) is 0. The number of carbonyl (C=O) groups excluding carboxylic acids is 2. The van der Waals surface area contributed by atoms with Crippen LogP contribution in [0.3, 0.4) is 0 Å². The molecular weight excluding hydrogens is 546 g/mol. The van der Waals surface area contributed by atoms with Crippen LogP contribution < -0.4 is 10.6 Å². The van der Waals surface area contributed by atoms with Gasteiger partial charge in [-0.2, -0.15) is 13.2 Å². The van der Waals surface area contributed by atoms with Gasteiger partial charge in [0.25, 0.3) is 5.91 Å². The number of hydrogen-bond donors (Lipinski definition) is 2. The minimum Gasteiger partial charge on any atom is -0.382 e. The first-order valence-electron chi connectivity index (χ1n) is 17.6. The molecule has 2 aliphatic rings. The Hall–Kier alpha value is -3.88. The van der Waals surface area contributed by atoms with Crippen LogP contribution in [0.1, 0.15) is 88.0 Å². The Labute approximate surface area is 254 Å². The molecule has 5 rings (SSSR count). The standard InChI is InChI=1S/C33H35F4N3O2/c1-20-12-15-25(19-27(20)33(35,36)37)39-31(41)26-10-6-18-40(32(42)29-21(2)7-5-11-28(29)34)30(26)22-13-16-24(17-14-22)38-23-8-3-4-9-23/h5,7,11-17,19,23,26,30,38H,3-4,6,8-10,18H2,1-2H3,(H,39,41)/t26-,30-/m0/s1/i2D3,3D2,4D2,5D. The quantitative estimate of drug-likeness (QED) is 0.286. The summed E-state index contributed by atoms with van der Waals surface area (Å²) in [6, 6.07) is 9.13.